The highest BCUT2D eigenvalue weighted by Gasteiger charge is 2.28. The SMILES string of the molecule is CCC(C)NC(=O)c1cc([N+](=O)[O-])c(F)c(F)c1F. The summed E-state index contributed by atoms with van der Waals surface area (Å²) in [6, 6.07) is 0.0462. The zero-order chi connectivity index (χ0) is 14.7. The van der Waals surface area contributed by atoms with Gasteiger partial charge in [-0.15, -0.1) is 0 Å². The Balaban J connectivity index is 3.28. The van der Waals surface area contributed by atoms with Gasteiger partial charge in [-0.05, 0) is 13.3 Å². The summed E-state index contributed by atoms with van der Waals surface area (Å²) in [6.07, 6.45) is 0.527. The van der Waals surface area contributed by atoms with Gasteiger partial charge in [-0.1, -0.05) is 6.92 Å². The molecule has 1 unspecified atom stereocenters. The Morgan fingerprint density at radius 2 is 1.95 bits per heavy atom. The predicted molar refractivity (Wildman–Crippen MR) is 60.2 cm³/mol. The molecule has 1 rings (SSSR count). The van der Waals surface area contributed by atoms with Gasteiger partial charge in [-0.2, -0.15) is 4.39 Å². The molecule has 5 nitrogen and oxygen atoms in total. The van der Waals surface area contributed by atoms with Crippen molar-refractivity contribution in [3.05, 3.63) is 39.2 Å². The Morgan fingerprint density at radius 3 is 2.42 bits per heavy atom. The highest BCUT2D eigenvalue weighted by Crippen LogP contribution is 2.25. The zero-order valence-corrected chi connectivity index (χ0v) is 10.2. The maximum atomic E-state index is 13.4. The van der Waals surface area contributed by atoms with E-state index in [1.165, 1.54) is 0 Å². The van der Waals surface area contributed by atoms with Crippen molar-refractivity contribution in [3.63, 3.8) is 0 Å². The van der Waals surface area contributed by atoms with E-state index in [1.54, 1.807) is 13.8 Å². The fraction of sp³-hybridized carbons (Fsp3) is 0.364. The van der Waals surface area contributed by atoms with Crippen molar-refractivity contribution in [2.45, 2.75) is 26.3 Å². The van der Waals surface area contributed by atoms with E-state index in [4.69, 9.17) is 0 Å². The van der Waals surface area contributed by atoms with Crippen LogP contribution in [0.1, 0.15) is 30.6 Å². The molecular formula is C11H11F3N2O3. The highest BCUT2D eigenvalue weighted by atomic mass is 19.2. The van der Waals surface area contributed by atoms with E-state index in [1.807, 2.05) is 0 Å². The Labute approximate surface area is 106 Å². The first-order valence-electron chi connectivity index (χ1n) is 5.42. The number of carbonyl (C=O) groups excluding carboxylic acids is 1. The lowest BCUT2D eigenvalue weighted by Gasteiger charge is -2.12. The molecule has 0 bridgehead atoms. The molecule has 0 saturated carbocycles. The van der Waals surface area contributed by atoms with Crippen molar-refractivity contribution < 1.29 is 22.9 Å². The molecule has 0 aromatic heterocycles. The van der Waals surface area contributed by atoms with Crippen LogP contribution in [0, 0.1) is 27.6 Å². The molecule has 0 radical (unpaired) electrons. The molecule has 0 heterocycles. The van der Waals surface area contributed by atoms with Gasteiger partial charge in [-0.3, -0.25) is 14.9 Å². The van der Waals surface area contributed by atoms with E-state index in [-0.39, 0.29) is 6.04 Å². The molecule has 1 atom stereocenters. The van der Waals surface area contributed by atoms with Gasteiger partial charge in [0.25, 0.3) is 5.91 Å². The molecule has 0 fully saturated rings. The van der Waals surface area contributed by atoms with E-state index in [0.29, 0.717) is 12.5 Å². The zero-order valence-electron chi connectivity index (χ0n) is 10.2. The van der Waals surface area contributed by atoms with Crippen molar-refractivity contribution in [2.24, 2.45) is 0 Å². The van der Waals surface area contributed by atoms with Gasteiger partial charge in [0.1, 0.15) is 0 Å². The molecular weight excluding hydrogens is 265 g/mol. The summed E-state index contributed by atoms with van der Waals surface area (Å²) in [4.78, 5) is 20.9. The Bertz CT molecular complexity index is 534. The average Bonchev–Trinajstić information content (AvgIpc) is 2.35. The Kier molecular flexibility index (Phi) is 4.47. The number of nitro groups is 1. The third-order valence-electron chi connectivity index (χ3n) is 2.56. The van der Waals surface area contributed by atoms with E-state index in [2.05, 4.69) is 5.32 Å². The number of nitro benzene ring substituents is 1. The fourth-order valence-electron chi connectivity index (χ4n) is 1.29. The molecule has 0 aliphatic heterocycles. The predicted octanol–water partition coefficient (Wildman–Crippen LogP) is 2.54. The first-order valence-corrected chi connectivity index (χ1v) is 5.42. The number of amides is 1. The first-order chi connectivity index (χ1) is 8.79. The standard InChI is InChI=1S/C11H11F3N2O3/c1-3-5(2)15-11(17)6-4-7(16(18)19)9(13)10(14)8(6)12/h4-5H,3H2,1-2H3,(H,15,17). The lowest BCUT2D eigenvalue weighted by molar-refractivity contribution is -0.387. The summed E-state index contributed by atoms with van der Waals surface area (Å²) >= 11 is 0. The smallest absolute Gasteiger partial charge is 0.308 e. The number of benzene rings is 1. The second-order valence-corrected chi connectivity index (χ2v) is 3.93. The molecule has 0 saturated heterocycles. The third kappa shape index (κ3) is 3.01. The third-order valence-corrected chi connectivity index (χ3v) is 2.56. The van der Waals surface area contributed by atoms with Crippen LogP contribution < -0.4 is 5.32 Å². The van der Waals surface area contributed by atoms with Crippen molar-refractivity contribution >= 4 is 11.6 Å². The number of carbonyl (C=O) groups is 1. The molecule has 19 heavy (non-hydrogen) atoms. The molecule has 1 N–H and O–H groups in total. The van der Waals surface area contributed by atoms with E-state index in [9.17, 15) is 28.1 Å². The Hall–Kier alpha value is -2.12. The van der Waals surface area contributed by atoms with Gasteiger partial charge >= 0.3 is 5.69 Å². The van der Waals surface area contributed by atoms with Crippen LogP contribution in [0.2, 0.25) is 0 Å². The monoisotopic (exact) mass is 276 g/mol. The van der Waals surface area contributed by atoms with Crippen molar-refractivity contribution in [3.8, 4) is 0 Å². The molecule has 8 heteroatoms. The molecule has 104 valence electrons. The summed E-state index contributed by atoms with van der Waals surface area (Å²) < 4.78 is 39.7. The van der Waals surface area contributed by atoms with Gasteiger partial charge < -0.3 is 5.32 Å². The average molecular weight is 276 g/mol. The molecule has 0 aliphatic rings. The number of nitrogens with zero attached hydrogens (tertiary/aromatic N) is 1. The summed E-state index contributed by atoms with van der Waals surface area (Å²) in [5, 5.41) is 12.8. The number of halogens is 3. The summed E-state index contributed by atoms with van der Waals surface area (Å²) in [7, 11) is 0. The first kappa shape index (κ1) is 14.9. The maximum Gasteiger partial charge on any atom is 0.308 e. The van der Waals surface area contributed by atoms with Gasteiger partial charge in [0.15, 0.2) is 5.82 Å². The van der Waals surface area contributed by atoms with Gasteiger partial charge in [-0.25, -0.2) is 8.78 Å². The van der Waals surface area contributed by atoms with Crippen molar-refractivity contribution in [2.75, 3.05) is 0 Å². The molecule has 1 aromatic rings. The Morgan fingerprint density at radius 1 is 1.37 bits per heavy atom. The molecule has 1 aromatic carbocycles. The highest BCUT2D eigenvalue weighted by molar-refractivity contribution is 5.95. The van der Waals surface area contributed by atoms with Crippen LogP contribution in [0.25, 0.3) is 0 Å². The molecule has 1 amide bonds. The second-order valence-electron chi connectivity index (χ2n) is 3.93. The normalized spacial score (nSPS) is 12.1. The number of rotatable bonds is 4. The summed E-state index contributed by atoms with van der Waals surface area (Å²) in [6.45, 7) is 3.36. The lowest BCUT2D eigenvalue weighted by atomic mass is 10.1. The number of hydrogen-bond donors (Lipinski definition) is 1. The van der Waals surface area contributed by atoms with E-state index in [0.717, 1.165) is 0 Å². The topological polar surface area (TPSA) is 72.2 Å². The number of hydrogen-bond acceptors (Lipinski definition) is 3. The van der Waals surface area contributed by atoms with Gasteiger partial charge in [0, 0.05) is 12.1 Å². The van der Waals surface area contributed by atoms with Crippen LogP contribution in [0.4, 0.5) is 18.9 Å². The largest absolute Gasteiger partial charge is 0.350 e. The van der Waals surface area contributed by atoms with Crippen LogP contribution in [0.15, 0.2) is 6.07 Å². The minimum atomic E-state index is -2.04. The number of nitrogens with one attached hydrogen (secondary N) is 1. The summed E-state index contributed by atoms with van der Waals surface area (Å²) in [5.41, 5.74) is -2.18. The van der Waals surface area contributed by atoms with Crippen LogP contribution in [-0.4, -0.2) is 16.9 Å². The van der Waals surface area contributed by atoms with Crippen LogP contribution >= 0.6 is 0 Å². The quantitative estimate of drug-likeness (QED) is 0.522. The minimum Gasteiger partial charge on any atom is -0.350 e. The van der Waals surface area contributed by atoms with E-state index >= 15 is 0 Å². The fourth-order valence-corrected chi connectivity index (χ4v) is 1.29. The van der Waals surface area contributed by atoms with Crippen molar-refractivity contribution in [1.29, 1.82) is 0 Å². The van der Waals surface area contributed by atoms with Gasteiger partial charge in [0.2, 0.25) is 11.6 Å². The summed E-state index contributed by atoms with van der Waals surface area (Å²) in [5.74, 6) is -6.75. The minimum absolute atomic E-state index is 0.334. The molecule has 0 aliphatic carbocycles. The second kappa shape index (κ2) is 5.68. The van der Waals surface area contributed by atoms with Crippen LogP contribution in [0.3, 0.4) is 0 Å². The van der Waals surface area contributed by atoms with Crippen molar-refractivity contribution in [1.82, 2.24) is 5.32 Å². The van der Waals surface area contributed by atoms with E-state index < -0.39 is 39.5 Å². The van der Waals surface area contributed by atoms with Gasteiger partial charge in [0.05, 0.1) is 10.5 Å². The maximum absolute atomic E-state index is 13.4. The lowest BCUT2D eigenvalue weighted by Crippen LogP contribution is -2.32. The van der Waals surface area contributed by atoms with Crippen LogP contribution in [0.5, 0.6) is 0 Å². The van der Waals surface area contributed by atoms with Crippen LogP contribution in [-0.2, 0) is 0 Å². The molecule has 0 spiro atoms.